The molecule has 4 rings (SSSR count). The molecule has 126 valence electrons. The third-order valence-electron chi connectivity index (χ3n) is 3.61. The third-order valence-corrected chi connectivity index (χ3v) is 5.05. The van der Waals surface area contributed by atoms with Crippen molar-refractivity contribution in [3.8, 4) is 0 Å². The third kappa shape index (κ3) is 3.05. The zero-order chi connectivity index (χ0) is 17.2. The summed E-state index contributed by atoms with van der Waals surface area (Å²) in [4.78, 5) is 16.5. The van der Waals surface area contributed by atoms with Crippen molar-refractivity contribution in [1.82, 2.24) is 29.9 Å². The molecular weight excluding hydrogens is 358 g/mol. The lowest BCUT2D eigenvalue weighted by atomic mass is 10.2. The van der Waals surface area contributed by atoms with Gasteiger partial charge in [0.15, 0.2) is 5.65 Å². The normalized spacial score (nSPS) is 11.2. The number of aryl methyl sites for hydroxylation is 1. The molecule has 0 atom stereocenters. The maximum absolute atomic E-state index is 11.9. The van der Waals surface area contributed by atoms with Gasteiger partial charge < -0.3 is 4.57 Å². The molecule has 0 spiro atoms. The number of para-hydroxylation sites is 1. The first-order valence-corrected chi connectivity index (χ1v) is 9.43. The minimum Gasteiger partial charge on any atom is -0.324 e. The van der Waals surface area contributed by atoms with Crippen LogP contribution in [0.3, 0.4) is 0 Å². The number of nitrogens with one attached hydrogen (secondary N) is 1. The smallest absolute Gasteiger partial charge is 0.236 e. The molecule has 0 saturated heterocycles. The number of nitrogens with zero attached hydrogens (tertiary/aromatic N) is 6. The summed E-state index contributed by atoms with van der Waals surface area (Å²) in [6, 6.07) is 8.03. The summed E-state index contributed by atoms with van der Waals surface area (Å²) >= 11 is 2.51. The Morgan fingerprint density at radius 3 is 2.96 bits per heavy atom. The Bertz CT molecular complexity index is 1040. The first kappa shape index (κ1) is 15.9. The minimum atomic E-state index is -0.179. The highest BCUT2D eigenvalue weighted by Crippen LogP contribution is 2.27. The van der Waals surface area contributed by atoms with Crippen LogP contribution in [-0.2, 0) is 11.3 Å². The number of carbonyl (C=O) groups excluding carboxylic acids is 1. The fourth-order valence-electron chi connectivity index (χ4n) is 2.58. The second-order valence-electron chi connectivity index (χ2n) is 5.11. The summed E-state index contributed by atoms with van der Waals surface area (Å²) in [5.74, 6) is 0.000499. The molecule has 1 aromatic carbocycles. The van der Waals surface area contributed by atoms with Crippen LogP contribution in [0.4, 0.5) is 5.13 Å². The Kier molecular flexibility index (Phi) is 4.28. The number of thioether (sulfide) groups is 1. The molecule has 25 heavy (non-hydrogen) atoms. The van der Waals surface area contributed by atoms with Crippen LogP contribution in [0.2, 0.25) is 0 Å². The van der Waals surface area contributed by atoms with Crippen molar-refractivity contribution in [3.05, 3.63) is 29.8 Å². The maximum atomic E-state index is 11.9. The number of amides is 1. The molecule has 0 aliphatic carbocycles. The van der Waals surface area contributed by atoms with Crippen molar-refractivity contribution in [1.29, 1.82) is 0 Å². The molecule has 0 saturated carbocycles. The van der Waals surface area contributed by atoms with E-state index in [1.807, 2.05) is 24.3 Å². The highest BCUT2D eigenvalue weighted by atomic mass is 32.2. The van der Waals surface area contributed by atoms with Gasteiger partial charge in [-0.15, -0.1) is 20.4 Å². The first-order chi connectivity index (χ1) is 12.3. The number of anilines is 1. The number of rotatable bonds is 5. The molecule has 0 fully saturated rings. The number of benzene rings is 1. The van der Waals surface area contributed by atoms with Gasteiger partial charge in [-0.1, -0.05) is 41.3 Å². The van der Waals surface area contributed by atoms with Crippen LogP contribution in [0.15, 0.2) is 34.9 Å². The zero-order valence-electron chi connectivity index (χ0n) is 13.2. The molecule has 0 radical (unpaired) electrons. The summed E-state index contributed by atoms with van der Waals surface area (Å²) in [5.41, 5.74) is 4.21. The summed E-state index contributed by atoms with van der Waals surface area (Å²) in [6.45, 7) is 2.85. The number of fused-ring (bicyclic) bond motifs is 3. The molecule has 8 nitrogen and oxygen atoms in total. The van der Waals surface area contributed by atoms with E-state index < -0.39 is 0 Å². The second kappa shape index (κ2) is 6.73. The van der Waals surface area contributed by atoms with Gasteiger partial charge in [0, 0.05) is 11.9 Å². The van der Waals surface area contributed by atoms with E-state index >= 15 is 0 Å². The predicted molar refractivity (Wildman–Crippen MR) is 97.8 cm³/mol. The van der Waals surface area contributed by atoms with E-state index in [2.05, 4.69) is 42.2 Å². The topological polar surface area (TPSA) is 98.5 Å². The minimum absolute atomic E-state index is 0.179. The molecule has 1 amide bonds. The molecule has 0 aliphatic rings. The Morgan fingerprint density at radius 2 is 2.16 bits per heavy atom. The summed E-state index contributed by atoms with van der Waals surface area (Å²) in [5, 5.41) is 20.6. The quantitative estimate of drug-likeness (QED) is 0.538. The van der Waals surface area contributed by atoms with E-state index in [0.717, 1.165) is 28.6 Å². The largest absolute Gasteiger partial charge is 0.324 e. The molecular formula is C15H13N7OS2. The van der Waals surface area contributed by atoms with Crippen LogP contribution in [0, 0.1) is 0 Å². The van der Waals surface area contributed by atoms with Crippen molar-refractivity contribution >= 4 is 56.2 Å². The van der Waals surface area contributed by atoms with Crippen molar-refractivity contribution in [2.24, 2.45) is 0 Å². The van der Waals surface area contributed by atoms with Gasteiger partial charge in [0.05, 0.1) is 11.3 Å². The van der Waals surface area contributed by atoms with Crippen LogP contribution in [0.25, 0.3) is 22.1 Å². The Balaban J connectivity index is 1.58. The van der Waals surface area contributed by atoms with Crippen molar-refractivity contribution in [3.63, 3.8) is 0 Å². The average Bonchev–Trinajstić information content (AvgIpc) is 3.25. The molecule has 10 heteroatoms. The number of aromatic nitrogens is 6. The van der Waals surface area contributed by atoms with Gasteiger partial charge in [0.1, 0.15) is 11.0 Å². The highest BCUT2D eigenvalue weighted by molar-refractivity contribution is 7.99. The number of hydrogen-bond donors (Lipinski definition) is 1. The van der Waals surface area contributed by atoms with Gasteiger partial charge >= 0.3 is 0 Å². The Labute approximate surface area is 150 Å². The SMILES string of the molecule is CCn1c2ccccc2c2nnc(SCC(=O)Nc3nncs3)nc21. The first-order valence-electron chi connectivity index (χ1n) is 7.56. The van der Waals surface area contributed by atoms with E-state index in [-0.39, 0.29) is 11.7 Å². The molecule has 0 bridgehead atoms. The van der Waals surface area contributed by atoms with Gasteiger partial charge in [-0.3, -0.25) is 10.1 Å². The maximum Gasteiger partial charge on any atom is 0.236 e. The molecule has 0 aliphatic heterocycles. The van der Waals surface area contributed by atoms with Crippen LogP contribution in [-0.4, -0.2) is 41.6 Å². The summed E-state index contributed by atoms with van der Waals surface area (Å²) < 4.78 is 2.10. The van der Waals surface area contributed by atoms with Crippen molar-refractivity contribution < 1.29 is 4.79 Å². The highest BCUT2D eigenvalue weighted by Gasteiger charge is 2.14. The lowest BCUT2D eigenvalue weighted by Gasteiger charge is -2.03. The number of carbonyl (C=O) groups is 1. The van der Waals surface area contributed by atoms with Gasteiger partial charge in [0.2, 0.25) is 16.2 Å². The second-order valence-corrected chi connectivity index (χ2v) is 6.88. The Hall–Kier alpha value is -2.59. The lowest BCUT2D eigenvalue weighted by molar-refractivity contribution is -0.113. The molecule has 3 heterocycles. The zero-order valence-corrected chi connectivity index (χ0v) is 14.8. The van der Waals surface area contributed by atoms with Crippen LogP contribution < -0.4 is 5.32 Å². The Morgan fingerprint density at radius 1 is 1.28 bits per heavy atom. The summed E-state index contributed by atoms with van der Waals surface area (Å²) in [6.07, 6.45) is 0. The fraction of sp³-hybridized carbons (Fsp3) is 0.200. The fourth-order valence-corrected chi connectivity index (χ4v) is 3.63. The molecule has 1 N–H and O–H groups in total. The number of hydrogen-bond acceptors (Lipinski definition) is 8. The van der Waals surface area contributed by atoms with Crippen LogP contribution in [0.5, 0.6) is 0 Å². The predicted octanol–water partition coefficient (Wildman–Crippen LogP) is 2.58. The van der Waals surface area contributed by atoms with E-state index in [1.165, 1.54) is 23.1 Å². The van der Waals surface area contributed by atoms with E-state index in [0.29, 0.717) is 10.3 Å². The van der Waals surface area contributed by atoms with Crippen LogP contribution >= 0.6 is 23.1 Å². The van der Waals surface area contributed by atoms with E-state index in [9.17, 15) is 4.79 Å². The van der Waals surface area contributed by atoms with Gasteiger partial charge in [-0.2, -0.15) is 0 Å². The lowest BCUT2D eigenvalue weighted by Crippen LogP contribution is -2.14. The van der Waals surface area contributed by atoms with Gasteiger partial charge in [-0.05, 0) is 13.0 Å². The van der Waals surface area contributed by atoms with Crippen LogP contribution in [0.1, 0.15) is 6.92 Å². The van der Waals surface area contributed by atoms with E-state index in [4.69, 9.17) is 0 Å². The van der Waals surface area contributed by atoms with Crippen molar-refractivity contribution in [2.75, 3.05) is 11.1 Å². The molecule has 3 aromatic heterocycles. The van der Waals surface area contributed by atoms with Gasteiger partial charge in [0.25, 0.3) is 0 Å². The van der Waals surface area contributed by atoms with Crippen molar-refractivity contribution in [2.45, 2.75) is 18.6 Å². The average molecular weight is 371 g/mol. The standard InChI is InChI=1S/C15H13N7OS2/c1-2-22-10-6-4-3-5-9(10)12-13(22)18-15(21-19-12)24-7-11(23)17-14-20-16-8-25-14/h3-6,8H,2,7H2,1H3,(H,17,20,23). The monoisotopic (exact) mass is 371 g/mol. The van der Waals surface area contributed by atoms with E-state index in [1.54, 1.807) is 5.51 Å². The molecule has 4 aromatic rings. The molecule has 0 unspecified atom stereocenters. The summed E-state index contributed by atoms with van der Waals surface area (Å²) in [7, 11) is 0. The van der Waals surface area contributed by atoms with Gasteiger partial charge in [-0.25, -0.2) is 4.98 Å².